The van der Waals surface area contributed by atoms with Gasteiger partial charge in [0.15, 0.2) is 0 Å². The quantitative estimate of drug-likeness (QED) is 0.556. The molecule has 1 aliphatic rings. The van der Waals surface area contributed by atoms with Crippen LogP contribution in [-0.4, -0.2) is 20.9 Å². The molecule has 29 heavy (non-hydrogen) atoms. The predicted octanol–water partition coefficient (Wildman–Crippen LogP) is 3.97. The van der Waals surface area contributed by atoms with Crippen molar-refractivity contribution in [1.82, 2.24) is 5.32 Å². The van der Waals surface area contributed by atoms with Crippen LogP contribution in [0.4, 0.5) is 5.69 Å². The Labute approximate surface area is 167 Å². The zero-order chi connectivity index (χ0) is 20.2. The van der Waals surface area contributed by atoms with Crippen molar-refractivity contribution in [2.75, 3.05) is 10.8 Å². The molecule has 0 aliphatic carbocycles. The summed E-state index contributed by atoms with van der Waals surface area (Å²) in [6.45, 7) is 1.52. The average Bonchev–Trinajstić information content (AvgIpc) is 3.23. The van der Waals surface area contributed by atoms with Crippen LogP contribution in [-0.2, 0) is 14.8 Å². The van der Waals surface area contributed by atoms with E-state index in [-0.39, 0.29) is 11.4 Å². The maximum absolute atomic E-state index is 13.0. The van der Waals surface area contributed by atoms with Crippen LogP contribution in [0.3, 0.4) is 0 Å². The number of hydrogen-bond acceptors (Lipinski definition) is 4. The number of nitrogens with one attached hydrogen (secondary N) is 1. The number of para-hydroxylation sites is 1. The first-order chi connectivity index (χ1) is 13.9. The minimum absolute atomic E-state index is 0.240. The monoisotopic (exact) mass is 406 g/mol. The van der Waals surface area contributed by atoms with Crippen molar-refractivity contribution in [2.24, 2.45) is 0 Å². The second-order valence-electron chi connectivity index (χ2n) is 7.12. The molecule has 1 amide bonds. The second kappa shape index (κ2) is 6.35. The number of carbonyl (C=O) groups excluding carboxylic acids is 1. The fraction of sp³-hybridized carbons (Fsp3) is 0.136. The molecule has 7 heteroatoms. The Bertz CT molecular complexity index is 1340. The first kappa shape index (κ1) is 17.8. The van der Waals surface area contributed by atoms with Gasteiger partial charge in [-0.3, -0.25) is 9.10 Å². The topological polar surface area (TPSA) is 79.6 Å². The molecule has 5 rings (SSSR count). The van der Waals surface area contributed by atoms with Crippen molar-refractivity contribution in [3.63, 3.8) is 0 Å². The van der Waals surface area contributed by atoms with Gasteiger partial charge < -0.3 is 9.73 Å². The van der Waals surface area contributed by atoms with Gasteiger partial charge >= 0.3 is 0 Å². The van der Waals surface area contributed by atoms with Gasteiger partial charge in [-0.2, -0.15) is 0 Å². The normalized spacial score (nSPS) is 15.7. The summed E-state index contributed by atoms with van der Waals surface area (Å²) >= 11 is 0. The average molecular weight is 406 g/mol. The van der Waals surface area contributed by atoms with E-state index in [1.54, 1.807) is 24.3 Å². The maximum atomic E-state index is 13.0. The van der Waals surface area contributed by atoms with Crippen LogP contribution in [0, 0.1) is 0 Å². The Morgan fingerprint density at radius 1 is 1.03 bits per heavy atom. The van der Waals surface area contributed by atoms with Crippen LogP contribution in [0.1, 0.15) is 18.7 Å². The highest BCUT2D eigenvalue weighted by Gasteiger charge is 2.36. The van der Waals surface area contributed by atoms with Crippen LogP contribution >= 0.6 is 0 Å². The molecule has 146 valence electrons. The maximum Gasteiger partial charge on any atom is 0.265 e. The number of fused-ring (bicyclic) bond motifs is 1. The van der Waals surface area contributed by atoms with E-state index in [2.05, 4.69) is 5.32 Å². The number of furan rings is 1. The zero-order valence-corrected chi connectivity index (χ0v) is 16.4. The van der Waals surface area contributed by atoms with Crippen molar-refractivity contribution >= 4 is 43.4 Å². The molecule has 0 spiro atoms. The molecule has 1 atom stereocenters. The molecule has 0 saturated heterocycles. The smallest absolute Gasteiger partial charge is 0.265 e. The summed E-state index contributed by atoms with van der Waals surface area (Å²) in [5.74, 6) is 0.223. The van der Waals surface area contributed by atoms with Gasteiger partial charge in [-0.15, -0.1) is 0 Å². The number of hydrogen-bond donors (Lipinski definition) is 1. The van der Waals surface area contributed by atoms with Crippen LogP contribution in [0.25, 0.3) is 21.7 Å². The number of rotatable bonds is 4. The molecular formula is C22H18N2O4S. The number of carbonyl (C=O) groups is 1. The molecule has 6 nitrogen and oxygen atoms in total. The van der Waals surface area contributed by atoms with E-state index in [4.69, 9.17) is 4.42 Å². The molecule has 2 heterocycles. The van der Waals surface area contributed by atoms with E-state index < -0.39 is 22.0 Å². The number of amides is 1. The lowest BCUT2D eigenvalue weighted by molar-refractivity contribution is -0.120. The SMILES string of the molecule is CC(NC(=O)CN1c2cccc3cccc(c23)S1(=O)=O)c1cc2ccccc2o1. The molecule has 1 N–H and O–H groups in total. The third-order valence-electron chi connectivity index (χ3n) is 5.22. The van der Waals surface area contributed by atoms with Gasteiger partial charge in [0, 0.05) is 10.8 Å². The highest BCUT2D eigenvalue weighted by molar-refractivity contribution is 7.93. The zero-order valence-electron chi connectivity index (χ0n) is 15.6. The highest BCUT2D eigenvalue weighted by Crippen LogP contribution is 2.41. The van der Waals surface area contributed by atoms with Crippen molar-refractivity contribution in [1.29, 1.82) is 0 Å². The molecule has 0 radical (unpaired) electrons. The number of anilines is 1. The van der Waals surface area contributed by atoms with Crippen LogP contribution in [0.2, 0.25) is 0 Å². The number of benzene rings is 3. The summed E-state index contributed by atoms with van der Waals surface area (Å²) in [5.41, 5.74) is 1.28. The summed E-state index contributed by atoms with van der Waals surface area (Å²) in [4.78, 5) is 12.9. The molecule has 4 aromatic rings. The first-order valence-corrected chi connectivity index (χ1v) is 10.7. The molecule has 0 saturated carbocycles. The van der Waals surface area contributed by atoms with E-state index in [9.17, 15) is 13.2 Å². The largest absolute Gasteiger partial charge is 0.459 e. The van der Waals surface area contributed by atoms with Crippen molar-refractivity contribution in [3.8, 4) is 0 Å². The molecule has 0 fully saturated rings. The highest BCUT2D eigenvalue weighted by atomic mass is 32.2. The molecule has 1 aliphatic heterocycles. The van der Waals surface area contributed by atoms with Crippen molar-refractivity contribution in [2.45, 2.75) is 17.9 Å². The lowest BCUT2D eigenvalue weighted by Gasteiger charge is -2.19. The number of sulfonamides is 1. The molecule has 3 aromatic carbocycles. The first-order valence-electron chi connectivity index (χ1n) is 9.27. The van der Waals surface area contributed by atoms with Crippen LogP contribution in [0.15, 0.2) is 76.0 Å². The molecular weight excluding hydrogens is 388 g/mol. The summed E-state index contributed by atoms with van der Waals surface area (Å²) in [6, 6.07) is 19.6. The standard InChI is InChI=1S/C22H18N2O4S/c1-14(19-12-16-6-2-3-10-18(16)28-19)23-21(25)13-24-17-9-4-7-15-8-5-11-20(22(15)17)29(24,26)27/h2-12,14H,13H2,1H3,(H,23,25). The van der Waals surface area contributed by atoms with E-state index in [1.807, 2.05) is 49.4 Å². The summed E-state index contributed by atoms with van der Waals surface area (Å²) < 4.78 is 33.0. The summed E-state index contributed by atoms with van der Waals surface area (Å²) in [7, 11) is -3.77. The lowest BCUT2D eigenvalue weighted by Crippen LogP contribution is -2.39. The Balaban J connectivity index is 1.40. The molecule has 1 aromatic heterocycles. The lowest BCUT2D eigenvalue weighted by atomic mass is 10.1. The van der Waals surface area contributed by atoms with Crippen molar-refractivity contribution in [3.05, 3.63) is 72.5 Å². The van der Waals surface area contributed by atoms with E-state index in [0.717, 1.165) is 16.4 Å². The Morgan fingerprint density at radius 2 is 1.76 bits per heavy atom. The summed E-state index contributed by atoms with van der Waals surface area (Å²) in [5, 5.41) is 5.29. The second-order valence-corrected chi connectivity index (χ2v) is 8.95. The number of nitrogens with zero attached hydrogens (tertiary/aromatic N) is 1. The van der Waals surface area contributed by atoms with Gasteiger partial charge in [-0.05, 0) is 36.6 Å². The molecule has 1 unspecified atom stereocenters. The molecule has 0 bridgehead atoms. The fourth-order valence-corrected chi connectivity index (χ4v) is 5.50. The minimum Gasteiger partial charge on any atom is -0.459 e. The van der Waals surface area contributed by atoms with Gasteiger partial charge in [0.05, 0.1) is 16.6 Å². The fourth-order valence-electron chi connectivity index (χ4n) is 3.83. The third-order valence-corrected chi connectivity index (χ3v) is 7.02. The summed E-state index contributed by atoms with van der Waals surface area (Å²) in [6.07, 6.45) is 0. The Morgan fingerprint density at radius 3 is 2.55 bits per heavy atom. The van der Waals surface area contributed by atoms with Crippen molar-refractivity contribution < 1.29 is 17.6 Å². The van der Waals surface area contributed by atoms with Gasteiger partial charge in [-0.1, -0.05) is 42.5 Å². The van der Waals surface area contributed by atoms with E-state index >= 15 is 0 Å². The Kier molecular flexibility index (Phi) is 3.89. The third kappa shape index (κ3) is 2.77. The minimum atomic E-state index is -3.77. The van der Waals surface area contributed by atoms with Gasteiger partial charge in [0.1, 0.15) is 17.9 Å². The van der Waals surface area contributed by atoms with Crippen LogP contribution < -0.4 is 9.62 Å². The van der Waals surface area contributed by atoms with Gasteiger partial charge in [0.2, 0.25) is 5.91 Å². The van der Waals surface area contributed by atoms with E-state index in [0.29, 0.717) is 16.8 Å². The Hall–Kier alpha value is -3.32. The van der Waals surface area contributed by atoms with Gasteiger partial charge in [0.25, 0.3) is 10.0 Å². The van der Waals surface area contributed by atoms with E-state index in [1.165, 1.54) is 4.31 Å². The van der Waals surface area contributed by atoms with Gasteiger partial charge in [-0.25, -0.2) is 8.42 Å². The van der Waals surface area contributed by atoms with Crippen LogP contribution in [0.5, 0.6) is 0 Å². The predicted molar refractivity (Wildman–Crippen MR) is 111 cm³/mol.